The fraction of sp³-hybridized carbons (Fsp3) is 0.250. The maximum absolute atomic E-state index is 13.6. The van der Waals surface area contributed by atoms with Crippen LogP contribution >= 0.6 is 23.8 Å². The maximum Gasteiger partial charge on any atom is 0.261 e. The lowest BCUT2D eigenvalue weighted by Crippen LogP contribution is -2.48. The number of rotatable bonds is 2. The third-order valence-corrected chi connectivity index (χ3v) is 5.57. The van der Waals surface area contributed by atoms with Gasteiger partial charge in [0.2, 0.25) is 0 Å². The quantitative estimate of drug-likeness (QED) is 0.679. The molecule has 2 aliphatic rings. The second-order valence-electron chi connectivity index (χ2n) is 6.61. The van der Waals surface area contributed by atoms with Crippen molar-refractivity contribution in [2.45, 2.75) is 31.3 Å². The van der Waals surface area contributed by atoms with Gasteiger partial charge in [-0.25, -0.2) is 4.39 Å². The van der Waals surface area contributed by atoms with Crippen molar-refractivity contribution in [1.82, 2.24) is 4.90 Å². The zero-order chi connectivity index (χ0) is 18.3. The van der Waals surface area contributed by atoms with Crippen LogP contribution in [0, 0.1) is 5.82 Å². The van der Waals surface area contributed by atoms with Crippen molar-refractivity contribution < 1.29 is 9.18 Å². The molecule has 2 aromatic carbocycles. The Balaban J connectivity index is 1.76. The Morgan fingerprint density at radius 2 is 1.85 bits per heavy atom. The van der Waals surface area contributed by atoms with Gasteiger partial charge in [-0.15, -0.1) is 0 Å². The van der Waals surface area contributed by atoms with E-state index in [2.05, 4.69) is 0 Å². The Bertz CT molecular complexity index is 920. The third kappa shape index (κ3) is 2.85. The summed E-state index contributed by atoms with van der Waals surface area (Å²) >= 11 is 11.6. The van der Waals surface area contributed by atoms with Gasteiger partial charge < -0.3 is 0 Å². The Kier molecular flexibility index (Phi) is 4.37. The molecule has 0 unspecified atom stereocenters. The van der Waals surface area contributed by atoms with Crippen LogP contribution in [0.1, 0.15) is 41.6 Å². The highest BCUT2D eigenvalue weighted by molar-refractivity contribution is 7.82. The molecule has 1 amide bonds. The van der Waals surface area contributed by atoms with Crippen LogP contribution < -0.4 is 0 Å². The van der Waals surface area contributed by atoms with Gasteiger partial charge in [-0.3, -0.25) is 14.7 Å². The molecule has 0 saturated heterocycles. The summed E-state index contributed by atoms with van der Waals surface area (Å²) in [4.78, 5) is 20.1. The monoisotopic (exact) mass is 386 g/mol. The van der Waals surface area contributed by atoms with E-state index < -0.39 is 11.5 Å². The fourth-order valence-corrected chi connectivity index (χ4v) is 4.25. The van der Waals surface area contributed by atoms with E-state index >= 15 is 0 Å². The fourth-order valence-electron chi connectivity index (χ4n) is 3.71. The maximum atomic E-state index is 13.6. The number of nitrogens with zero attached hydrogens (tertiary/aromatic N) is 2. The molecule has 1 aliphatic carbocycles. The minimum absolute atomic E-state index is 0.284. The highest BCUT2D eigenvalue weighted by Crippen LogP contribution is 2.42. The Morgan fingerprint density at radius 3 is 2.50 bits per heavy atom. The highest BCUT2D eigenvalue weighted by atomic mass is 35.5. The first-order valence-corrected chi connectivity index (χ1v) is 9.29. The average Bonchev–Trinajstić information content (AvgIpc) is 3.20. The van der Waals surface area contributed by atoms with Gasteiger partial charge in [0.05, 0.1) is 0 Å². The van der Waals surface area contributed by atoms with Crippen LogP contribution in [0.2, 0.25) is 5.02 Å². The van der Waals surface area contributed by atoms with Crippen LogP contribution in [-0.2, 0) is 0 Å². The molecule has 26 heavy (non-hydrogen) atoms. The van der Waals surface area contributed by atoms with Gasteiger partial charge in [0.1, 0.15) is 22.2 Å². The van der Waals surface area contributed by atoms with Crippen LogP contribution in [0.15, 0.2) is 53.5 Å². The summed E-state index contributed by atoms with van der Waals surface area (Å²) in [7, 11) is 0. The highest BCUT2D eigenvalue weighted by Gasteiger charge is 2.50. The van der Waals surface area contributed by atoms with Crippen molar-refractivity contribution in [3.8, 4) is 0 Å². The summed E-state index contributed by atoms with van der Waals surface area (Å²) in [5.41, 5.74) is 1.09. The van der Waals surface area contributed by atoms with Gasteiger partial charge in [0.15, 0.2) is 0 Å². The van der Waals surface area contributed by atoms with Gasteiger partial charge in [0, 0.05) is 16.1 Å². The van der Waals surface area contributed by atoms with Gasteiger partial charge in [-0.1, -0.05) is 42.0 Å². The molecule has 3 nitrogen and oxygen atoms in total. The molecule has 6 heteroatoms. The third-order valence-electron chi connectivity index (χ3n) is 4.94. The zero-order valence-corrected chi connectivity index (χ0v) is 15.5. The molecule has 2 aromatic rings. The van der Waals surface area contributed by atoms with E-state index in [1.165, 1.54) is 18.2 Å². The van der Waals surface area contributed by atoms with Crippen LogP contribution in [0.3, 0.4) is 0 Å². The summed E-state index contributed by atoms with van der Waals surface area (Å²) in [5, 5.41) is 0.626. The van der Waals surface area contributed by atoms with Crippen LogP contribution in [-0.4, -0.2) is 27.2 Å². The largest absolute Gasteiger partial charge is 0.271 e. The Morgan fingerprint density at radius 1 is 1.15 bits per heavy atom. The van der Waals surface area contributed by atoms with Gasteiger partial charge in [0.25, 0.3) is 5.91 Å². The molecule has 0 radical (unpaired) electrons. The molecule has 0 aromatic heterocycles. The molecular weight excluding hydrogens is 371 g/mol. The normalized spacial score (nSPS) is 18.5. The minimum atomic E-state index is -0.657. The number of aliphatic imine (C=N–C) groups is 1. The number of hydrogen-bond donors (Lipinski definition) is 0. The lowest BCUT2D eigenvalue weighted by Gasteiger charge is -2.32. The van der Waals surface area contributed by atoms with Crippen molar-refractivity contribution in [2.75, 3.05) is 0 Å². The van der Waals surface area contributed by atoms with Crippen molar-refractivity contribution in [3.05, 3.63) is 70.5 Å². The van der Waals surface area contributed by atoms with E-state index in [0.29, 0.717) is 15.7 Å². The van der Waals surface area contributed by atoms with E-state index in [9.17, 15) is 9.18 Å². The lowest BCUT2D eigenvalue weighted by molar-refractivity contribution is 0.0724. The molecule has 1 fully saturated rings. The smallest absolute Gasteiger partial charge is 0.261 e. The number of carbonyl (C=O) groups excluding carboxylic acids is 1. The van der Waals surface area contributed by atoms with Crippen molar-refractivity contribution >= 4 is 40.4 Å². The first kappa shape index (κ1) is 17.3. The standard InChI is InChI=1S/C20H16ClFN2OS/c21-15-8-6-13(7-9-15)17-19(26)24(20(23-17)10-1-2-11-20)18(25)14-4-3-5-16(22)12-14/h3-9,12H,1-2,10-11H2. The summed E-state index contributed by atoms with van der Waals surface area (Å²) in [6, 6.07) is 13.0. The predicted molar refractivity (Wildman–Crippen MR) is 104 cm³/mol. The number of hydrogen-bond acceptors (Lipinski definition) is 3. The number of thiocarbonyl (C=S) groups is 1. The van der Waals surface area contributed by atoms with E-state index in [1.54, 1.807) is 23.1 Å². The summed E-state index contributed by atoms with van der Waals surface area (Å²) in [5.74, 6) is -0.746. The SMILES string of the molecule is O=C(c1cccc(F)c1)N1C(=S)C(c2ccc(Cl)cc2)=NC12CCCC2. The number of amides is 1. The van der Waals surface area contributed by atoms with Gasteiger partial charge in [-0.05, 0) is 56.0 Å². The Hall–Kier alpha value is -2.11. The molecule has 4 rings (SSSR count). The first-order valence-electron chi connectivity index (χ1n) is 8.50. The second kappa shape index (κ2) is 6.56. The predicted octanol–water partition coefficient (Wildman–Crippen LogP) is 5.02. The van der Waals surface area contributed by atoms with Crippen molar-refractivity contribution in [1.29, 1.82) is 0 Å². The number of benzene rings is 2. The zero-order valence-electron chi connectivity index (χ0n) is 13.9. The lowest BCUT2D eigenvalue weighted by atomic mass is 10.1. The van der Waals surface area contributed by atoms with E-state index in [1.807, 2.05) is 12.1 Å². The molecule has 0 atom stereocenters. The van der Waals surface area contributed by atoms with Crippen LogP contribution in [0.25, 0.3) is 0 Å². The summed E-state index contributed by atoms with van der Waals surface area (Å²) in [6.45, 7) is 0. The molecular formula is C20H16ClFN2OS. The molecule has 1 heterocycles. The topological polar surface area (TPSA) is 32.7 Å². The van der Waals surface area contributed by atoms with Gasteiger partial charge in [-0.2, -0.15) is 0 Å². The molecule has 0 bridgehead atoms. The number of halogens is 2. The van der Waals surface area contributed by atoms with Crippen molar-refractivity contribution in [3.63, 3.8) is 0 Å². The van der Waals surface area contributed by atoms with Crippen LogP contribution in [0.5, 0.6) is 0 Å². The van der Waals surface area contributed by atoms with E-state index in [0.717, 1.165) is 31.2 Å². The molecule has 1 aliphatic heterocycles. The summed E-state index contributed by atoms with van der Waals surface area (Å²) in [6.07, 6.45) is 3.47. The average molecular weight is 387 g/mol. The van der Waals surface area contributed by atoms with E-state index in [-0.39, 0.29) is 11.5 Å². The minimum Gasteiger partial charge on any atom is -0.271 e. The van der Waals surface area contributed by atoms with E-state index in [4.69, 9.17) is 28.8 Å². The first-order chi connectivity index (χ1) is 12.5. The number of carbonyl (C=O) groups is 1. The molecule has 1 saturated carbocycles. The molecule has 1 spiro atoms. The summed E-state index contributed by atoms with van der Waals surface area (Å²) < 4.78 is 13.6. The van der Waals surface area contributed by atoms with Gasteiger partial charge >= 0.3 is 0 Å². The molecule has 0 N–H and O–H groups in total. The Labute approximate surface area is 161 Å². The van der Waals surface area contributed by atoms with Crippen LogP contribution in [0.4, 0.5) is 4.39 Å². The second-order valence-corrected chi connectivity index (χ2v) is 7.44. The molecule has 132 valence electrons. The van der Waals surface area contributed by atoms with Crippen molar-refractivity contribution in [2.24, 2.45) is 4.99 Å².